The number of nitrogens with zero attached hydrogens (tertiary/aromatic N) is 2. The van der Waals surface area contributed by atoms with E-state index in [4.69, 9.17) is 9.31 Å². The van der Waals surface area contributed by atoms with Crippen molar-refractivity contribution in [3.63, 3.8) is 0 Å². The number of hydrogen-bond donors (Lipinski definition) is 0. The van der Waals surface area contributed by atoms with Crippen LogP contribution >= 0.6 is 15.9 Å². The first-order chi connectivity index (χ1) is 21.1. The summed E-state index contributed by atoms with van der Waals surface area (Å²) in [7, 11) is -0.297. The molecule has 0 amide bonds. The number of rotatable bonds is 5. The molecule has 3 heterocycles. The summed E-state index contributed by atoms with van der Waals surface area (Å²) in [6.07, 6.45) is 2.53. The van der Waals surface area contributed by atoms with E-state index >= 15 is 0 Å². The molecule has 44 heavy (non-hydrogen) atoms. The summed E-state index contributed by atoms with van der Waals surface area (Å²) < 4.78 is 13.3. The quantitative estimate of drug-likeness (QED) is 0.279. The van der Waals surface area contributed by atoms with Gasteiger partial charge >= 0.3 is 7.12 Å². The zero-order chi connectivity index (χ0) is 31.1. The first kappa shape index (κ1) is 31.9. The van der Waals surface area contributed by atoms with Crippen molar-refractivity contribution in [3.05, 3.63) is 64.1 Å². The summed E-state index contributed by atoms with van der Waals surface area (Å²) in [6.45, 7) is 20.4. The van der Waals surface area contributed by atoms with Crippen molar-refractivity contribution in [2.24, 2.45) is 35.5 Å². The molecule has 7 rings (SSSR count). The van der Waals surface area contributed by atoms with E-state index in [1.54, 1.807) is 0 Å². The van der Waals surface area contributed by atoms with E-state index in [0.29, 0.717) is 11.8 Å². The van der Waals surface area contributed by atoms with Crippen LogP contribution in [0.5, 0.6) is 0 Å². The molecule has 4 nitrogen and oxygen atoms in total. The van der Waals surface area contributed by atoms with Crippen molar-refractivity contribution in [2.75, 3.05) is 39.3 Å². The Kier molecular flexibility index (Phi) is 9.41. The van der Waals surface area contributed by atoms with E-state index < -0.39 is 0 Å². The molecule has 0 bridgehead atoms. The Hall–Kier alpha value is -2.06. The van der Waals surface area contributed by atoms with Gasteiger partial charge in [-0.25, -0.2) is 0 Å². The van der Waals surface area contributed by atoms with Gasteiger partial charge in [0.15, 0.2) is 0 Å². The Morgan fingerprint density at radius 3 is 1.45 bits per heavy atom. The summed E-state index contributed by atoms with van der Waals surface area (Å²) in [5, 5.41) is 0. The van der Waals surface area contributed by atoms with Crippen LogP contribution in [-0.4, -0.2) is 67.4 Å². The van der Waals surface area contributed by atoms with Crippen molar-refractivity contribution in [1.29, 1.82) is 0 Å². The van der Waals surface area contributed by atoms with Crippen molar-refractivity contribution < 1.29 is 9.31 Å². The van der Waals surface area contributed by atoms with E-state index in [1.807, 2.05) is 0 Å². The average Bonchev–Trinajstić information content (AvgIpc) is 3.59. The highest BCUT2D eigenvalue weighted by molar-refractivity contribution is 9.10. The molecule has 2 unspecified atom stereocenters. The number of fused-ring (bicyclic) bond motifs is 2. The number of hydrogen-bond acceptors (Lipinski definition) is 4. The van der Waals surface area contributed by atoms with Crippen LogP contribution in [0.1, 0.15) is 65.5 Å². The average molecular weight is 656 g/mol. The maximum Gasteiger partial charge on any atom is 0.494 e. The van der Waals surface area contributed by atoms with Gasteiger partial charge in [0.05, 0.1) is 11.2 Å². The summed E-state index contributed by atoms with van der Waals surface area (Å²) in [4.78, 5) is 5.18. The SMILES string of the molecule is CCCN1C[C@@H]2C(C#Cc3ccc(B4OC(C)(C)C(C)(C)O4)cc3)[C@@H]2C1.CCCN1C[C@@H]2C(C#Cc3ccc(Br)cc3)[C@@H]2C1. The number of piperidine rings is 2. The highest BCUT2D eigenvalue weighted by Gasteiger charge is 2.55. The molecule has 5 fully saturated rings. The van der Waals surface area contributed by atoms with Crippen LogP contribution < -0.4 is 5.46 Å². The Balaban J connectivity index is 0.000000167. The third-order valence-electron chi connectivity index (χ3n) is 10.7. The molecule has 3 saturated heterocycles. The highest BCUT2D eigenvalue weighted by Crippen LogP contribution is 2.52. The molecule has 6 heteroatoms. The lowest BCUT2D eigenvalue weighted by atomic mass is 9.79. The van der Waals surface area contributed by atoms with E-state index in [2.05, 4.69) is 139 Å². The molecule has 2 aromatic carbocycles. The summed E-state index contributed by atoms with van der Waals surface area (Å²) in [5.41, 5.74) is 2.68. The molecule has 0 aromatic heterocycles. The minimum Gasteiger partial charge on any atom is -0.399 e. The van der Waals surface area contributed by atoms with Crippen LogP contribution in [0.3, 0.4) is 0 Å². The molecule has 2 saturated carbocycles. The fraction of sp³-hybridized carbons (Fsp3) is 0.579. The van der Waals surface area contributed by atoms with Gasteiger partial charge in [-0.05, 0) is 119 Å². The zero-order valence-corrected chi connectivity index (χ0v) is 29.0. The normalized spacial score (nSPS) is 30.7. The molecule has 5 aliphatic rings. The van der Waals surface area contributed by atoms with E-state index in [1.165, 1.54) is 52.1 Å². The van der Waals surface area contributed by atoms with E-state index in [-0.39, 0.29) is 18.3 Å². The molecule has 0 N–H and O–H groups in total. The van der Waals surface area contributed by atoms with Crippen molar-refractivity contribution in [1.82, 2.24) is 9.80 Å². The summed E-state index contributed by atoms with van der Waals surface area (Å²) >= 11 is 3.44. The molecule has 0 spiro atoms. The number of benzene rings is 2. The summed E-state index contributed by atoms with van der Waals surface area (Å²) in [6, 6.07) is 16.6. The maximum atomic E-state index is 6.12. The number of likely N-dealkylation sites (tertiary alicyclic amines) is 2. The van der Waals surface area contributed by atoms with Crippen molar-refractivity contribution >= 4 is 28.5 Å². The lowest BCUT2D eigenvalue weighted by molar-refractivity contribution is 0.00578. The van der Waals surface area contributed by atoms with Gasteiger partial charge in [-0.2, -0.15) is 0 Å². The minimum atomic E-state index is -0.300. The Morgan fingerprint density at radius 2 is 1.07 bits per heavy atom. The van der Waals surface area contributed by atoms with Crippen LogP contribution in [0, 0.1) is 59.2 Å². The third-order valence-corrected chi connectivity index (χ3v) is 11.2. The lowest BCUT2D eigenvalue weighted by Crippen LogP contribution is -2.41. The monoisotopic (exact) mass is 654 g/mol. The van der Waals surface area contributed by atoms with Crippen molar-refractivity contribution in [3.8, 4) is 23.7 Å². The van der Waals surface area contributed by atoms with Gasteiger partial charge in [-0.15, -0.1) is 0 Å². The first-order valence-electron chi connectivity index (χ1n) is 16.8. The van der Waals surface area contributed by atoms with Gasteiger partial charge in [0, 0.05) is 53.6 Å². The smallest absolute Gasteiger partial charge is 0.399 e. The second-order valence-electron chi connectivity index (χ2n) is 14.5. The van der Waals surface area contributed by atoms with E-state index in [9.17, 15) is 0 Å². The van der Waals surface area contributed by atoms with Crippen LogP contribution in [-0.2, 0) is 9.31 Å². The van der Waals surface area contributed by atoms with Gasteiger partial charge < -0.3 is 19.1 Å². The Morgan fingerprint density at radius 1 is 0.682 bits per heavy atom. The zero-order valence-electron chi connectivity index (χ0n) is 27.4. The first-order valence-corrected chi connectivity index (χ1v) is 17.6. The molecule has 232 valence electrons. The standard InChI is InChI=1S/C22H30BNO2.C16H18BrN/c1-6-13-24-14-19-18(20(19)15-24)12-9-16-7-10-17(11-8-16)23-25-21(2,3)22(4,5)26-23;1-2-9-18-10-15-14(16(15)11-18)8-5-12-3-6-13(17)7-4-12/h7-8,10-11,18-20H,6,13-15H2,1-5H3;3-4,6-7,14-16H,2,9-11H2,1H3/t18?,19-,20+;14?,15-,16+. The third kappa shape index (κ3) is 7.01. The van der Waals surface area contributed by atoms with Gasteiger partial charge in [0.25, 0.3) is 0 Å². The topological polar surface area (TPSA) is 24.9 Å². The predicted molar refractivity (Wildman–Crippen MR) is 184 cm³/mol. The van der Waals surface area contributed by atoms with Gasteiger partial charge in [-0.3, -0.25) is 0 Å². The minimum absolute atomic E-state index is 0.297. The van der Waals surface area contributed by atoms with Crippen LogP contribution in [0.2, 0.25) is 0 Å². The lowest BCUT2D eigenvalue weighted by Gasteiger charge is -2.32. The second-order valence-corrected chi connectivity index (χ2v) is 15.4. The maximum absolute atomic E-state index is 6.12. The molecule has 2 aromatic rings. The van der Waals surface area contributed by atoms with Crippen LogP contribution in [0.4, 0.5) is 0 Å². The fourth-order valence-electron chi connectivity index (χ4n) is 7.22. The Bertz CT molecular complexity index is 1390. The Labute approximate surface area is 274 Å². The highest BCUT2D eigenvalue weighted by atomic mass is 79.9. The summed E-state index contributed by atoms with van der Waals surface area (Å²) in [5.74, 6) is 18.3. The predicted octanol–water partition coefficient (Wildman–Crippen LogP) is 6.31. The van der Waals surface area contributed by atoms with E-state index in [0.717, 1.165) is 44.7 Å². The largest absolute Gasteiger partial charge is 0.494 e. The molecule has 3 aliphatic heterocycles. The van der Waals surface area contributed by atoms with Gasteiger partial charge in [-0.1, -0.05) is 65.6 Å². The van der Waals surface area contributed by atoms with Gasteiger partial charge in [0.1, 0.15) is 0 Å². The number of halogens is 1. The van der Waals surface area contributed by atoms with Crippen molar-refractivity contribution in [2.45, 2.75) is 65.6 Å². The second kappa shape index (κ2) is 13.0. The van der Waals surface area contributed by atoms with Gasteiger partial charge in [0.2, 0.25) is 0 Å². The molecule has 0 radical (unpaired) electrons. The fourth-order valence-corrected chi connectivity index (χ4v) is 7.49. The molecular formula is C38H48BBrN2O2. The molecule has 6 atom stereocenters. The molecule has 2 aliphatic carbocycles. The molecular weight excluding hydrogens is 607 g/mol. The van der Waals surface area contributed by atoms with Crippen LogP contribution in [0.25, 0.3) is 0 Å². The van der Waals surface area contributed by atoms with Crippen LogP contribution in [0.15, 0.2) is 53.0 Å².